The molecule has 18 heavy (non-hydrogen) atoms. The second-order valence-corrected chi connectivity index (χ2v) is 4.81. The van der Waals surface area contributed by atoms with Crippen LogP contribution in [0.2, 0.25) is 0 Å². The van der Waals surface area contributed by atoms with Gasteiger partial charge in [-0.05, 0) is 37.5 Å². The monoisotopic (exact) mass is 243 g/mol. The van der Waals surface area contributed by atoms with Gasteiger partial charge in [0.15, 0.2) is 0 Å². The Bertz CT molecular complexity index is 516. The maximum Gasteiger partial charge on any atom is 0.0921 e. The van der Waals surface area contributed by atoms with Gasteiger partial charge in [0.1, 0.15) is 0 Å². The van der Waals surface area contributed by atoms with Crippen LogP contribution in [0.5, 0.6) is 0 Å². The molecule has 2 unspecified atom stereocenters. The number of benzene rings is 1. The molecule has 2 aromatic rings. The average molecular weight is 243 g/mol. The number of aromatic nitrogens is 2. The van der Waals surface area contributed by atoms with E-state index in [0.717, 1.165) is 12.1 Å². The molecular weight excluding hydrogens is 222 g/mol. The summed E-state index contributed by atoms with van der Waals surface area (Å²) in [4.78, 5) is 0. The minimum Gasteiger partial charge on any atom is -0.326 e. The van der Waals surface area contributed by atoms with E-state index in [1.165, 1.54) is 11.1 Å². The number of hydrogen-bond acceptors (Lipinski definition) is 2. The van der Waals surface area contributed by atoms with Crippen molar-refractivity contribution in [1.82, 2.24) is 9.78 Å². The van der Waals surface area contributed by atoms with E-state index in [2.05, 4.69) is 43.2 Å². The Morgan fingerprint density at radius 2 is 1.94 bits per heavy atom. The fourth-order valence-electron chi connectivity index (χ4n) is 2.30. The predicted octanol–water partition coefficient (Wildman–Crippen LogP) is 2.83. The third-order valence-electron chi connectivity index (χ3n) is 3.41. The van der Waals surface area contributed by atoms with Crippen LogP contribution in [0.4, 0.5) is 0 Å². The summed E-state index contributed by atoms with van der Waals surface area (Å²) in [6, 6.07) is 10.6. The van der Waals surface area contributed by atoms with Crippen LogP contribution in [-0.2, 0) is 0 Å². The van der Waals surface area contributed by atoms with Crippen LogP contribution in [0.1, 0.15) is 36.2 Å². The summed E-state index contributed by atoms with van der Waals surface area (Å²) in [7, 11) is 0. The maximum atomic E-state index is 6.30. The van der Waals surface area contributed by atoms with Crippen molar-refractivity contribution < 1.29 is 0 Å². The quantitative estimate of drug-likeness (QED) is 0.897. The lowest BCUT2D eigenvalue weighted by Crippen LogP contribution is -2.33. The number of hydrogen-bond donors (Lipinski definition) is 1. The summed E-state index contributed by atoms with van der Waals surface area (Å²) in [5.74, 6) is 0. The highest BCUT2D eigenvalue weighted by Crippen LogP contribution is 2.25. The Kier molecular flexibility index (Phi) is 3.82. The van der Waals surface area contributed by atoms with Crippen molar-refractivity contribution in [2.24, 2.45) is 5.73 Å². The van der Waals surface area contributed by atoms with Gasteiger partial charge >= 0.3 is 0 Å². The summed E-state index contributed by atoms with van der Waals surface area (Å²) in [6.45, 7) is 6.25. The highest BCUT2D eigenvalue weighted by molar-refractivity contribution is 5.30. The lowest BCUT2D eigenvalue weighted by Gasteiger charge is -2.25. The van der Waals surface area contributed by atoms with Gasteiger partial charge in [-0.3, -0.25) is 4.68 Å². The zero-order valence-electron chi connectivity index (χ0n) is 11.3. The van der Waals surface area contributed by atoms with E-state index >= 15 is 0 Å². The standard InChI is InChI=1S/C15H21N3/c1-4-14(16)15(18-10-9-12(3)17-18)13-8-6-5-7-11(13)2/h5-10,14-15H,4,16H2,1-3H3. The molecule has 0 aliphatic carbocycles. The van der Waals surface area contributed by atoms with Crippen LogP contribution in [0.15, 0.2) is 36.5 Å². The van der Waals surface area contributed by atoms with Crippen LogP contribution in [0.25, 0.3) is 0 Å². The fourth-order valence-corrected chi connectivity index (χ4v) is 2.30. The Hall–Kier alpha value is -1.61. The van der Waals surface area contributed by atoms with E-state index in [9.17, 15) is 0 Å². The summed E-state index contributed by atoms with van der Waals surface area (Å²) >= 11 is 0. The van der Waals surface area contributed by atoms with Crippen molar-refractivity contribution >= 4 is 0 Å². The van der Waals surface area contributed by atoms with Crippen molar-refractivity contribution in [2.75, 3.05) is 0 Å². The van der Waals surface area contributed by atoms with Gasteiger partial charge in [-0.25, -0.2) is 0 Å². The molecule has 0 radical (unpaired) electrons. The normalized spacial score (nSPS) is 14.4. The summed E-state index contributed by atoms with van der Waals surface area (Å²) in [5.41, 5.74) is 9.85. The smallest absolute Gasteiger partial charge is 0.0921 e. The third kappa shape index (κ3) is 2.46. The van der Waals surface area contributed by atoms with Gasteiger partial charge in [-0.2, -0.15) is 5.10 Å². The molecule has 1 aromatic heterocycles. The molecule has 3 heteroatoms. The van der Waals surface area contributed by atoms with Crippen molar-refractivity contribution in [3.8, 4) is 0 Å². The average Bonchev–Trinajstić information content (AvgIpc) is 2.78. The maximum absolute atomic E-state index is 6.30. The lowest BCUT2D eigenvalue weighted by atomic mass is 9.94. The van der Waals surface area contributed by atoms with E-state index in [-0.39, 0.29) is 12.1 Å². The third-order valence-corrected chi connectivity index (χ3v) is 3.41. The molecule has 0 aliphatic heterocycles. The first-order valence-electron chi connectivity index (χ1n) is 6.46. The van der Waals surface area contributed by atoms with Gasteiger partial charge in [-0.15, -0.1) is 0 Å². The zero-order chi connectivity index (χ0) is 13.1. The number of rotatable bonds is 4. The second kappa shape index (κ2) is 5.36. The van der Waals surface area contributed by atoms with Crippen molar-refractivity contribution in [2.45, 2.75) is 39.3 Å². The molecule has 3 nitrogen and oxygen atoms in total. The van der Waals surface area contributed by atoms with Gasteiger partial charge in [0.2, 0.25) is 0 Å². The molecular formula is C15H21N3. The van der Waals surface area contributed by atoms with E-state index in [1.54, 1.807) is 0 Å². The van der Waals surface area contributed by atoms with Crippen LogP contribution in [-0.4, -0.2) is 15.8 Å². The molecule has 96 valence electrons. The van der Waals surface area contributed by atoms with Gasteiger partial charge in [-0.1, -0.05) is 31.2 Å². The van der Waals surface area contributed by atoms with E-state index < -0.39 is 0 Å². The van der Waals surface area contributed by atoms with E-state index in [4.69, 9.17) is 5.73 Å². The zero-order valence-corrected chi connectivity index (χ0v) is 11.3. The highest BCUT2D eigenvalue weighted by Gasteiger charge is 2.22. The second-order valence-electron chi connectivity index (χ2n) is 4.81. The van der Waals surface area contributed by atoms with Gasteiger partial charge < -0.3 is 5.73 Å². The minimum atomic E-state index is 0.0744. The summed E-state index contributed by atoms with van der Waals surface area (Å²) in [6.07, 6.45) is 2.94. The first-order valence-corrected chi connectivity index (χ1v) is 6.46. The van der Waals surface area contributed by atoms with Gasteiger partial charge in [0, 0.05) is 12.2 Å². The van der Waals surface area contributed by atoms with Gasteiger partial charge in [0.05, 0.1) is 11.7 Å². The summed E-state index contributed by atoms with van der Waals surface area (Å²) < 4.78 is 1.99. The first kappa shape index (κ1) is 12.8. The minimum absolute atomic E-state index is 0.0744. The Morgan fingerprint density at radius 3 is 2.50 bits per heavy atom. The Balaban J connectivity index is 2.47. The lowest BCUT2D eigenvalue weighted by molar-refractivity contribution is 0.421. The molecule has 2 atom stereocenters. The number of aryl methyl sites for hydroxylation is 2. The summed E-state index contributed by atoms with van der Waals surface area (Å²) in [5, 5.41) is 4.53. The molecule has 2 N–H and O–H groups in total. The molecule has 0 spiro atoms. The van der Waals surface area contributed by atoms with Crippen molar-refractivity contribution in [3.63, 3.8) is 0 Å². The van der Waals surface area contributed by atoms with Crippen molar-refractivity contribution in [1.29, 1.82) is 0 Å². The predicted molar refractivity (Wildman–Crippen MR) is 74.5 cm³/mol. The molecule has 0 bridgehead atoms. The molecule has 0 amide bonds. The first-order chi connectivity index (χ1) is 8.63. The van der Waals surface area contributed by atoms with E-state index in [1.807, 2.05) is 23.9 Å². The van der Waals surface area contributed by atoms with Gasteiger partial charge in [0.25, 0.3) is 0 Å². The molecule has 0 saturated carbocycles. The number of nitrogens with two attached hydrogens (primary N) is 1. The fraction of sp³-hybridized carbons (Fsp3) is 0.400. The topological polar surface area (TPSA) is 43.8 Å². The molecule has 2 rings (SSSR count). The van der Waals surface area contributed by atoms with Crippen LogP contribution >= 0.6 is 0 Å². The molecule has 1 aromatic carbocycles. The molecule has 1 heterocycles. The van der Waals surface area contributed by atoms with Crippen LogP contribution in [0.3, 0.4) is 0 Å². The number of nitrogens with zero attached hydrogens (tertiary/aromatic N) is 2. The Labute approximate surface area is 109 Å². The molecule has 0 saturated heterocycles. The van der Waals surface area contributed by atoms with Crippen LogP contribution < -0.4 is 5.73 Å². The van der Waals surface area contributed by atoms with Crippen LogP contribution in [0, 0.1) is 13.8 Å². The van der Waals surface area contributed by atoms with E-state index in [0.29, 0.717) is 0 Å². The molecule has 0 aliphatic rings. The SMILES string of the molecule is CCC(N)C(c1ccccc1C)n1ccc(C)n1. The Morgan fingerprint density at radius 1 is 1.22 bits per heavy atom. The van der Waals surface area contributed by atoms with Crippen molar-refractivity contribution in [3.05, 3.63) is 53.3 Å². The highest BCUT2D eigenvalue weighted by atomic mass is 15.3. The molecule has 0 fully saturated rings. The largest absolute Gasteiger partial charge is 0.326 e.